The monoisotopic (exact) mass is 242 g/mol. The van der Waals surface area contributed by atoms with Crippen molar-refractivity contribution in [3.63, 3.8) is 0 Å². The zero-order valence-electron chi connectivity index (χ0n) is 10.3. The van der Waals surface area contributed by atoms with Gasteiger partial charge in [0.15, 0.2) is 0 Å². The summed E-state index contributed by atoms with van der Waals surface area (Å²) in [5.74, 6) is 2.14. The van der Waals surface area contributed by atoms with Crippen LogP contribution in [0.15, 0.2) is 12.1 Å². The topological polar surface area (TPSA) is 27.7 Å². The van der Waals surface area contributed by atoms with Crippen LogP contribution in [0.3, 0.4) is 0 Å². The third-order valence-corrected chi connectivity index (χ3v) is 2.55. The summed E-state index contributed by atoms with van der Waals surface area (Å²) in [4.78, 5) is 0. The standard InChI is InChI=1S/C12H18O3S/c1-12(2,16)11-9(14-4)6-8(13-3)7-10(11)15-5/h6-7,16H,1-5H3. The molecule has 3 nitrogen and oxygen atoms in total. The van der Waals surface area contributed by atoms with E-state index in [2.05, 4.69) is 12.6 Å². The van der Waals surface area contributed by atoms with Crippen molar-refractivity contribution >= 4 is 12.6 Å². The van der Waals surface area contributed by atoms with Gasteiger partial charge in [-0.2, -0.15) is 12.6 Å². The van der Waals surface area contributed by atoms with Gasteiger partial charge < -0.3 is 14.2 Å². The summed E-state index contributed by atoms with van der Waals surface area (Å²) < 4.78 is 15.5. The van der Waals surface area contributed by atoms with Gasteiger partial charge in [-0.3, -0.25) is 0 Å². The number of ether oxygens (including phenoxy) is 3. The lowest BCUT2D eigenvalue weighted by molar-refractivity contribution is 0.364. The zero-order chi connectivity index (χ0) is 12.3. The average Bonchev–Trinajstić information content (AvgIpc) is 2.25. The predicted molar refractivity (Wildman–Crippen MR) is 68.1 cm³/mol. The summed E-state index contributed by atoms with van der Waals surface area (Å²) in [6, 6.07) is 3.66. The van der Waals surface area contributed by atoms with Crippen molar-refractivity contribution in [1.82, 2.24) is 0 Å². The largest absolute Gasteiger partial charge is 0.496 e. The first-order chi connectivity index (χ1) is 7.43. The Hall–Kier alpha value is -1.03. The number of methoxy groups -OCH3 is 3. The summed E-state index contributed by atoms with van der Waals surface area (Å²) in [5, 5.41) is 0. The lowest BCUT2D eigenvalue weighted by atomic mass is 9.99. The molecule has 0 fully saturated rings. The van der Waals surface area contributed by atoms with Crippen LogP contribution >= 0.6 is 12.6 Å². The molecule has 1 aromatic rings. The van der Waals surface area contributed by atoms with Gasteiger partial charge in [0.2, 0.25) is 0 Å². The van der Waals surface area contributed by atoms with Crippen molar-refractivity contribution in [2.45, 2.75) is 18.6 Å². The number of benzene rings is 1. The van der Waals surface area contributed by atoms with Gasteiger partial charge in [-0.25, -0.2) is 0 Å². The fraction of sp³-hybridized carbons (Fsp3) is 0.500. The summed E-state index contributed by atoms with van der Waals surface area (Å²) in [7, 11) is 4.86. The van der Waals surface area contributed by atoms with Crippen molar-refractivity contribution in [1.29, 1.82) is 0 Å². The minimum Gasteiger partial charge on any atom is -0.496 e. The van der Waals surface area contributed by atoms with E-state index in [9.17, 15) is 0 Å². The molecule has 0 atom stereocenters. The Morgan fingerprint density at radius 2 is 1.38 bits per heavy atom. The van der Waals surface area contributed by atoms with Crippen molar-refractivity contribution in [2.75, 3.05) is 21.3 Å². The Morgan fingerprint density at radius 3 is 1.62 bits per heavy atom. The fourth-order valence-corrected chi connectivity index (χ4v) is 1.83. The van der Waals surface area contributed by atoms with E-state index in [1.165, 1.54) is 0 Å². The summed E-state index contributed by atoms with van der Waals surface area (Å²) in [5.41, 5.74) is 0.918. The second-order valence-electron chi connectivity index (χ2n) is 3.97. The second kappa shape index (κ2) is 4.87. The highest BCUT2D eigenvalue weighted by atomic mass is 32.1. The SMILES string of the molecule is COc1cc(OC)c(C(C)(C)S)c(OC)c1. The Morgan fingerprint density at radius 1 is 0.938 bits per heavy atom. The zero-order valence-corrected chi connectivity index (χ0v) is 11.2. The molecule has 0 saturated heterocycles. The van der Waals surface area contributed by atoms with Gasteiger partial charge in [0.25, 0.3) is 0 Å². The third kappa shape index (κ3) is 2.55. The molecule has 90 valence electrons. The van der Waals surface area contributed by atoms with Crippen molar-refractivity contribution in [3.05, 3.63) is 17.7 Å². The van der Waals surface area contributed by atoms with E-state index in [1.54, 1.807) is 21.3 Å². The molecule has 1 rings (SSSR count). The maximum absolute atomic E-state index is 5.35. The fourth-order valence-electron chi connectivity index (χ4n) is 1.61. The first-order valence-electron chi connectivity index (χ1n) is 4.97. The molecule has 0 spiro atoms. The quantitative estimate of drug-likeness (QED) is 0.823. The smallest absolute Gasteiger partial charge is 0.130 e. The highest BCUT2D eigenvalue weighted by Crippen LogP contribution is 2.43. The molecule has 0 N–H and O–H groups in total. The lowest BCUT2D eigenvalue weighted by Crippen LogP contribution is -2.12. The molecule has 0 aliphatic heterocycles. The first-order valence-corrected chi connectivity index (χ1v) is 5.41. The van der Waals surface area contributed by atoms with Crippen LogP contribution in [-0.2, 0) is 4.75 Å². The van der Waals surface area contributed by atoms with Gasteiger partial charge in [0, 0.05) is 16.9 Å². The molecule has 16 heavy (non-hydrogen) atoms. The number of thiol groups is 1. The van der Waals surface area contributed by atoms with E-state index in [1.807, 2.05) is 26.0 Å². The van der Waals surface area contributed by atoms with Crippen molar-refractivity contribution in [2.24, 2.45) is 0 Å². The van der Waals surface area contributed by atoms with Crippen LogP contribution in [0.5, 0.6) is 17.2 Å². The van der Waals surface area contributed by atoms with E-state index in [0.717, 1.165) is 17.1 Å². The minimum absolute atomic E-state index is 0.344. The van der Waals surface area contributed by atoms with Crippen LogP contribution < -0.4 is 14.2 Å². The molecule has 0 unspecified atom stereocenters. The predicted octanol–water partition coefficient (Wildman–Crippen LogP) is 2.88. The molecular formula is C12H18O3S. The molecular weight excluding hydrogens is 224 g/mol. The summed E-state index contributed by atoms with van der Waals surface area (Å²) in [6.07, 6.45) is 0. The number of rotatable bonds is 4. The number of hydrogen-bond donors (Lipinski definition) is 1. The van der Waals surface area contributed by atoms with Crippen LogP contribution in [0.4, 0.5) is 0 Å². The highest BCUT2D eigenvalue weighted by molar-refractivity contribution is 7.81. The van der Waals surface area contributed by atoms with Gasteiger partial charge >= 0.3 is 0 Å². The summed E-state index contributed by atoms with van der Waals surface area (Å²) >= 11 is 4.55. The van der Waals surface area contributed by atoms with Gasteiger partial charge in [-0.05, 0) is 13.8 Å². The maximum Gasteiger partial charge on any atom is 0.130 e. The van der Waals surface area contributed by atoms with Gasteiger partial charge in [-0.15, -0.1) is 0 Å². The van der Waals surface area contributed by atoms with Gasteiger partial charge in [0.05, 0.1) is 26.9 Å². The Labute approximate surface area is 102 Å². The molecule has 0 saturated carbocycles. The maximum atomic E-state index is 5.35. The van der Waals surface area contributed by atoms with E-state index in [-0.39, 0.29) is 4.75 Å². The normalized spacial score (nSPS) is 11.1. The van der Waals surface area contributed by atoms with Gasteiger partial charge in [-0.1, -0.05) is 0 Å². The molecule has 0 amide bonds. The van der Waals surface area contributed by atoms with Gasteiger partial charge in [0.1, 0.15) is 17.2 Å². The molecule has 0 bridgehead atoms. The molecule has 1 aromatic carbocycles. The molecule has 0 heterocycles. The molecule has 0 aliphatic carbocycles. The van der Waals surface area contributed by atoms with Crippen molar-refractivity contribution in [3.8, 4) is 17.2 Å². The lowest BCUT2D eigenvalue weighted by Gasteiger charge is -2.24. The molecule has 0 radical (unpaired) electrons. The molecule has 0 aliphatic rings. The highest BCUT2D eigenvalue weighted by Gasteiger charge is 2.25. The molecule has 0 aromatic heterocycles. The Balaban J connectivity index is 3.44. The van der Waals surface area contributed by atoms with Crippen LogP contribution in [0.2, 0.25) is 0 Å². The molecule has 4 heteroatoms. The number of hydrogen-bond acceptors (Lipinski definition) is 4. The van der Waals surface area contributed by atoms with E-state index in [0.29, 0.717) is 5.75 Å². The Kier molecular flexibility index (Phi) is 3.97. The van der Waals surface area contributed by atoms with E-state index < -0.39 is 0 Å². The van der Waals surface area contributed by atoms with E-state index >= 15 is 0 Å². The third-order valence-electron chi connectivity index (χ3n) is 2.33. The van der Waals surface area contributed by atoms with E-state index in [4.69, 9.17) is 14.2 Å². The Bertz CT molecular complexity index is 344. The van der Waals surface area contributed by atoms with Crippen LogP contribution in [-0.4, -0.2) is 21.3 Å². The minimum atomic E-state index is -0.344. The van der Waals surface area contributed by atoms with Crippen molar-refractivity contribution < 1.29 is 14.2 Å². The summed E-state index contributed by atoms with van der Waals surface area (Å²) in [6.45, 7) is 3.98. The average molecular weight is 242 g/mol. The van der Waals surface area contributed by atoms with Crippen LogP contribution in [0, 0.1) is 0 Å². The first kappa shape index (κ1) is 13.0. The van der Waals surface area contributed by atoms with Crippen LogP contribution in [0.25, 0.3) is 0 Å². The second-order valence-corrected chi connectivity index (χ2v) is 5.08. The van der Waals surface area contributed by atoms with Crippen LogP contribution in [0.1, 0.15) is 19.4 Å².